The van der Waals surface area contributed by atoms with Crippen LogP contribution in [-0.2, 0) is 33.4 Å². The zero-order chi connectivity index (χ0) is 25.4. The number of amides is 1. The minimum atomic E-state index is -4.10. The molecule has 4 rings (SSSR count). The number of pyridine rings is 1. The molecule has 0 radical (unpaired) electrons. The summed E-state index contributed by atoms with van der Waals surface area (Å²) in [6.45, 7) is 11.3. The molecule has 1 aliphatic heterocycles. The van der Waals surface area contributed by atoms with E-state index in [0.717, 1.165) is 27.8 Å². The van der Waals surface area contributed by atoms with E-state index in [2.05, 4.69) is 42.6 Å². The first kappa shape index (κ1) is 24.9. The molecule has 0 spiro atoms. The fraction of sp³-hybridized carbons (Fsp3) is 0.333. The van der Waals surface area contributed by atoms with Gasteiger partial charge in [0.25, 0.3) is 15.9 Å². The lowest BCUT2D eigenvalue weighted by atomic mass is 9.89. The zero-order valence-corrected chi connectivity index (χ0v) is 21.6. The fourth-order valence-corrected chi connectivity index (χ4v) is 5.93. The number of nitrogens with zero attached hydrogens (tertiary/aromatic N) is 2. The van der Waals surface area contributed by atoms with Gasteiger partial charge >= 0.3 is 0 Å². The Bertz CT molecular complexity index is 1350. The first-order valence-electron chi connectivity index (χ1n) is 11.6. The van der Waals surface area contributed by atoms with Crippen LogP contribution >= 0.6 is 0 Å². The van der Waals surface area contributed by atoms with Gasteiger partial charge in [-0.2, -0.15) is 0 Å². The van der Waals surface area contributed by atoms with Gasteiger partial charge in [-0.15, -0.1) is 0 Å². The molecule has 3 aromatic rings. The first-order chi connectivity index (χ1) is 16.6. The fourth-order valence-electron chi connectivity index (χ4n) is 4.91. The van der Waals surface area contributed by atoms with Crippen molar-refractivity contribution in [3.05, 3.63) is 88.2 Å². The monoisotopic (exact) mass is 493 g/mol. The number of carbonyl (C=O) groups excluding carboxylic acids is 1. The Morgan fingerprint density at radius 1 is 1.14 bits per heavy atom. The molecule has 7 nitrogen and oxygen atoms in total. The third kappa shape index (κ3) is 4.56. The molecule has 0 bridgehead atoms. The smallest absolute Gasteiger partial charge is 0.265 e. The van der Waals surface area contributed by atoms with Crippen LogP contribution in [0.1, 0.15) is 47.2 Å². The third-order valence-electron chi connectivity index (χ3n) is 6.74. The molecule has 0 saturated heterocycles. The summed E-state index contributed by atoms with van der Waals surface area (Å²) in [5.41, 5.74) is 4.97. The highest BCUT2D eigenvalue weighted by Crippen LogP contribution is 2.44. The van der Waals surface area contributed by atoms with Crippen LogP contribution in [0.25, 0.3) is 0 Å². The summed E-state index contributed by atoms with van der Waals surface area (Å²) >= 11 is 0. The van der Waals surface area contributed by atoms with E-state index in [4.69, 9.17) is 4.74 Å². The minimum Gasteiger partial charge on any atom is -0.494 e. The maximum absolute atomic E-state index is 13.8. The van der Waals surface area contributed by atoms with Crippen LogP contribution in [0.15, 0.2) is 59.8 Å². The molecule has 0 aliphatic carbocycles. The number of carbonyl (C=O) groups is 1. The average Bonchev–Trinajstić information content (AvgIpc) is 3.10. The van der Waals surface area contributed by atoms with Gasteiger partial charge in [0.2, 0.25) is 0 Å². The number of ether oxygens (including phenoxy) is 1. The van der Waals surface area contributed by atoms with E-state index in [0.29, 0.717) is 25.4 Å². The van der Waals surface area contributed by atoms with Gasteiger partial charge in [0.1, 0.15) is 16.2 Å². The Labute approximate surface area is 207 Å². The molecule has 1 N–H and O–H groups in total. The molecule has 2 aromatic carbocycles. The van der Waals surface area contributed by atoms with Crippen LogP contribution in [0, 0.1) is 20.8 Å². The van der Waals surface area contributed by atoms with Crippen molar-refractivity contribution < 1.29 is 17.9 Å². The molecular weight excluding hydrogens is 462 g/mol. The van der Waals surface area contributed by atoms with E-state index in [1.54, 1.807) is 6.92 Å². The highest BCUT2D eigenvalue weighted by Gasteiger charge is 2.49. The second kappa shape index (κ2) is 9.43. The summed E-state index contributed by atoms with van der Waals surface area (Å²) in [5.74, 6) is 0.0927. The molecule has 1 amide bonds. The molecule has 1 unspecified atom stereocenters. The van der Waals surface area contributed by atoms with Crippen molar-refractivity contribution in [1.29, 1.82) is 0 Å². The largest absolute Gasteiger partial charge is 0.494 e. The number of hydrogen-bond acceptors (Lipinski definition) is 6. The van der Waals surface area contributed by atoms with E-state index in [9.17, 15) is 13.2 Å². The van der Waals surface area contributed by atoms with Crippen molar-refractivity contribution in [1.82, 2.24) is 14.6 Å². The van der Waals surface area contributed by atoms with Crippen molar-refractivity contribution in [3.63, 3.8) is 0 Å². The predicted octanol–water partition coefficient (Wildman–Crippen LogP) is 4.14. The predicted molar refractivity (Wildman–Crippen MR) is 134 cm³/mol. The first-order valence-corrected chi connectivity index (χ1v) is 13.1. The number of benzene rings is 2. The second-order valence-electron chi connectivity index (χ2n) is 9.14. The van der Waals surface area contributed by atoms with Gasteiger partial charge in [-0.3, -0.25) is 14.7 Å². The lowest BCUT2D eigenvalue weighted by molar-refractivity contribution is -0.131. The number of nitrogens with one attached hydrogen (secondary N) is 1. The molecule has 2 heterocycles. The van der Waals surface area contributed by atoms with E-state index in [1.807, 2.05) is 30.0 Å². The molecule has 35 heavy (non-hydrogen) atoms. The van der Waals surface area contributed by atoms with Crippen molar-refractivity contribution >= 4 is 15.9 Å². The lowest BCUT2D eigenvalue weighted by Crippen LogP contribution is -2.52. The Morgan fingerprint density at radius 3 is 2.49 bits per heavy atom. The quantitative estimate of drug-likeness (QED) is 0.532. The standard InChI is InChI=1S/C27H31N3O4S/c1-6-34-25-11-7-10-24-23(25)17-30(16-22-19(3)13-18(2)14-20(22)4)27(24,5)26(31)29-35(32,33)21-9-8-12-28-15-21/h7-15H,6,16-17H2,1-5H3,(H,29,31). The number of aromatic nitrogens is 1. The van der Waals surface area contributed by atoms with Crippen LogP contribution in [-0.4, -0.2) is 30.8 Å². The van der Waals surface area contributed by atoms with E-state index in [-0.39, 0.29) is 4.90 Å². The van der Waals surface area contributed by atoms with Gasteiger partial charge in [-0.05, 0) is 75.1 Å². The Morgan fingerprint density at radius 2 is 1.86 bits per heavy atom. The van der Waals surface area contributed by atoms with Crippen LogP contribution < -0.4 is 9.46 Å². The summed E-state index contributed by atoms with van der Waals surface area (Å²) in [6.07, 6.45) is 2.71. The maximum Gasteiger partial charge on any atom is 0.265 e. The zero-order valence-electron chi connectivity index (χ0n) is 20.8. The third-order valence-corrected chi connectivity index (χ3v) is 8.06. The average molecular weight is 494 g/mol. The topological polar surface area (TPSA) is 88.6 Å². The summed E-state index contributed by atoms with van der Waals surface area (Å²) in [7, 11) is -4.10. The lowest BCUT2D eigenvalue weighted by Gasteiger charge is -2.35. The molecular formula is C27H31N3O4S. The van der Waals surface area contributed by atoms with Crippen molar-refractivity contribution in [3.8, 4) is 5.75 Å². The van der Waals surface area contributed by atoms with Crippen LogP contribution in [0.2, 0.25) is 0 Å². The Kier molecular flexibility index (Phi) is 6.71. The normalized spacial score (nSPS) is 17.7. The van der Waals surface area contributed by atoms with Crippen LogP contribution in [0.5, 0.6) is 5.75 Å². The number of aryl methyl sites for hydroxylation is 3. The molecule has 0 saturated carbocycles. The van der Waals surface area contributed by atoms with E-state index in [1.165, 1.54) is 30.1 Å². The van der Waals surface area contributed by atoms with Gasteiger partial charge in [0, 0.05) is 31.0 Å². The Hall–Kier alpha value is -3.23. The number of hydrogen-bond donors (Lipinski definition) is 1. The molecule has 184 valence electrons. The summed E-state index contributed by atoms with van der Waals surface area (Å²) in [5, 5.41) is 0. The van der Waals surface area contributed by atoms with E-state index < -0.39 is 21.5 Å². The van der Waals surface area contributed by atoms with Crippen molar-refractivity contribution in [2.45, 2.75) is 58.1 Å². The maximum atomic E-state index is 13.8. The molecule has 0 fully saturated rings. The van der Waals surface area contributed by atoms with Crippen LogP contribution in [0.4, 0.5) is 0 Å². The minimum absolute atomic E-state index is 0.0602. The van der Waals surface area contributed by atoms with Gasteiger partial charge in [0.05, 0.1) is 6.61 Å². The van der Waals surface area contributed by atoms with E-state index >= 15 is 0 Å². The van der Waals surface area contributed by atoms with Gasteiger partial charge < -0.3 is 4.74 Å². The number of fused-ring (bicyclic) bond motifs is 1. The SMILES string of the molecule is CCOc1cccc2c1CN(Cc1c(C)cc(C)cc1C)C2(C)C(=O)NS(=O)(=O)c1cccnc1. The molecule has 8 heteroatoms. The highest BCUT2D eigenvalue weighted by molar-refractivity contribution is 7.90. The highest BCUT2D eigenvalue weighted by atomic mass is 32.2. The molecule has 1 aromatic heterocycles. The molecule has 1 atom stereocenters. The van der Waals surface area contributed by atoms with Crippen molar-refractivity contribution in [2.75, 3.05) is 6.61 Å². The van der Waals surface area contributed by atoms with Gasteiger partial charge in [-0.25, -0.2) is 13.1 Å². The summed E-state index contributed by atoms with van der Waals surface area (Å²) in [4.78, 5) is 19.7. The number of rotatable bonds is 7. The number of sulfonamides is 1. The Balaban J connectivity index is 1.79. The molecule has 1 aliphatic rings. The van der Waals surface area contributed by atoms with Gasteiger partial charge in [0.15, 0.2) is 0 Å². The van der Waals surface area contributed by atoms with Gasteiger partial charge in [-0.1, -0.05) is 29.8 Å². The van der Waals surface area contributed by atoms with Crippen molar-refractivity contribution in [2.24, 2.45) is 0 Å². The van der Waals surface area contributed by atoms with Crippen LogP contribution in [0.3, 0.4) is 0 Å². The second-order valence-corrected chi connectivity index (χ2v) is 10.8. The summed E-state index contributed by atoms with van der Waals surface area (Å²) < 4.78 is 34.2. The summed E-state index contributed by atoms with van der Waals surface area (Å²) in [6, 6.07) is 12.8.